The van der Waals surface area contributed by atoms with E-state index in [1.54, 1.807) is 6.92 Å². The van der Waals surface area contributed by atoms with Crippen LogP contribution in [0.15, 0.2) is 35.6 Å². The van der Waals surface area contributed by atoms with E-state index in [0.717, 1.165) is 11.1 Å². The number of fused-ring (bicyclic) bond motifs is 1. The number of ether oxygens (including phenoxy) is 1. The summed E-state index contributed by atoms with van der Waals surface area (Å²) in [6.45, 7) is 2.04. The van der Waals surface area contributed by atoms with E-state index in [9.17, 15) is 9.59 Å². The highest BCUT2D eigenvalue weighted by atomic mass is 16.5. The molecule has 0 radical (unpaired) electrons. The van der Waals surface area contributed by atoms with E-state index in [1.807, 2.05) is 24.3 Å². The second-order valence-electron chi connectivity index (χ2n) is 4.83. The van der Waals surface area contributed by atoms with Gasteiger partial charge in [0.2, 0.25) is 5.91 Å². The van der Waals surface area contributed by atoms with Gasteiger partial charge in [-0.3, -0.25) is 9.59 Å². The normalized spacial score (nSPS) is 18.8. The molecule has 0 aromatic heterocycles. The number of nitrogens with two attached hydrogens (primary N) is 1. The van der Waals surface area contributed by atoms with Crippen LogP contribution < -0.4 is 10.5 Å². The molecule has 0 aliphatic carbocycles. The number of carbonyl (C=O) groups is 2. The fourth-order valence-electron chi connectivity index (χ4n) is 2.44. The number of para-hydroxylation sites is 1. The Morgan fingerprint density at radius 3 is 2.89 bits per heavy atom. The SMILES string of the molecule is CC(C(N)=O)N1CC2=C(Oc3ccccc3C2)C1=O. The molecular weight excluding hydrogens is 244 g/mol. The topological polar surface area (TPSA) is 72.6 Å². The Morgan fingerprint density at radius 1 is 1.42 bits per heavy atom. The molecule has 0 bridgehead atoms. The maximum atomic E-state index is 12.2. The Hall–Kier alpha value is -2.30. The van der Waals surface area contributed by atoms with Crippen LogP contribution in [0.25, 0.3) is 0 Å². The number of hydrogen-bond donors (Lipinski definition) is 1. The predicted octanol–water partition coefficient (Wildman–Crippen LogP) is 0.592. The zero-order valence-electron chi connectivity index (χ0n) is 10.6. The maximum Gasteiger partial charge on any atom is 0.290 e. The summed E-state index contributed by atoms with van der Waals surface area (Å²) < 4.78 is 5.66. The average Bonchev–Trinajstić information content (AvgIpc) is 2.72. The molecule has 1 atom stereocenters. The van der Waals surface area contributed by atoms with E-state index >= 15 is 0 Å². The molecule has 1 unspecified atom stereocenters. The van der Waals surface area contributed by atoms with Crippen molar-refractivity contribution < 1.29 is 14.3 Å². The summed E-state index contributed by atoms with van der Waals surface area (Å²) in [5.74, 6) is 0.302. The van der Waals surface area contributed by atoms with E-state index in [1.165, 1.54) is 4.90 Å². The minimum Gasteiger partial charge on any atom is -0.451 e. The standard InChI is InChI=1S/C14H14N2O3/c1-8(13(15)17)16-7-10-6-9-4-2-3-5-11(9)19-12(10)14(16)18/h2-5,8H,6-7H2,1H3,(H2,15,17). The predicted molar refractivity (Wildman–Crippen MR) is 68.2 cm³/mol. The number of carbonyl (C=O) groups excluding carboxylic acids is 2. The lowest BCUT2D eigenvalue weighted by molar-refractivity contribution is -0.135. The van der Waals surface area contributed by atoms with Gasteiger partial charge in [-0.25, -0.2) is 0 Å². The van der Waals surface area contributed by atoms with Gasteiger partial charge in [-0.2, -0.15) is 0 Å². The van der Waals surface area contributed by atoms with Crippen molar-refractivity contribution in [3.63, 3.8) is 0 Å². The lowest BCUT2D eigenvalue weighted by Crippen LogP contribution is -2.44. The second-order valence-corrected chi connectivity index (χ2v) is 4.83. The first-order chi connectivity index (χ1) is 9.08. The van der Waals surface area contributed by atoms with Crippen molar-refractivity contribution in [1.29, 1.82) is 0 Å². The molecule has 2 amide bonds. The molecule has 3 rings (SSSR count). The molecule has 5 heteroatoms. The zero-order valence-corrected chi connectivity index (χ0v) is 10.6. The second kappa shape index (κ2) is 4.12. The number of nitrogens with zero attached hydrogens (tertiary/aromatic N) is 1. The van der Waals surface area contributed by atoms with E-state index < -0.39 is 11.9 Å². The third-order valence-corrected chi connectivity index (χ3v) is 3.61. The summed E-state index contributed by atoms with van der Waals surface area (Å²) in [6, 6.07) is 7.00. The number of rotatable bonds is 2. The molecule has 2 heterocycles. The molecule has 0 spiro atoms. The van der Waals surface area contributed by atoms with Crippen molar-refractivity contribution >= 4 is 11.8 Å². The lowest BCUT2D eigenvalue weighted by atomic mass is 10.0. The fourth-order valence-corrected chi connectivity index (χ4v) is 2.44. The summed E-state index contributed by atoms with van der Waals surface area (Å²) in [7, 11) is 0. The Balaban J connectivity index is 1.89. The van der Waals surface area contributed by atoms with Gasteiger partial charge in [0.1, 0.15) is 11.8 Å². The van der Waals surface area contributed by atoms with Crippen LogP contribution >= 0.6 is 0 Å². The van der Waals surface area contributed by atoms with Gasteiger partial charge in [-0.1, -0.05) is 18.2 Å². The van der Waals surface area contributed by atoms with Crippen molar-refractivity contribution in [2.45, 2.75) is 19.4 Å². The highest BCUT2D eigenvalue weighted by Gasteiger charge is 2.39. The van der Waals surface area contributed by atoms with E-state index in [0.29, 0.717) is 24.5 Å². The summed E-state index contributed by atoms with van der Waals surface area (Å²) in [6.07, 6.45) is 0.680. The van der Waals surface area contributed by atoms with Crippen LogP contribution in [-0.2, 0) is 16.0 Å². The molecule has 19 heavy (non-hydrogen) atoms. The van der Waals surface area contributed by atoms with Gasteiger partial charge in [0, 0.05) is 18.5 Å². The fraction of sp³-hybridized carbons (Fsp3) is 0.286. The van der Waals surface area contributed by atoms with Crippen molar-refractivity contribution in [2.75, 3.05) is 6.54 Å². The molecule has 1 aromatic carbocycles. The third-order valence-electron chi connectivity index (χ3n) is 3.61. The van der Waals surface area contributed by atoms with Gasteiger partial charge >= 0.3 is 0 Å². The molecule has 2 aliphatic heterocycles. The minimum absolute atomic E-state index is 0.254. The molecule has 98 valence electrons. The van der Waals surface area contributed by atoms with Crippen LogP contribution in [-0.4, -0.2) is 29.3 Å². The first-order valence-corrected chi connectivity index (χ1v) is 6.16. The van der Waals surface area contributed by atoms with Crippen molar-refractivity contribution in [2.24, 2.45) is 5.73 Å². The molecule has 0 fully saturated rings. The molecule has 2 aliphatic rings. The number of hydrogen-bond acceptors (Lipinski definition) is 3. The van der Waals surface area contributed by atoms with Crippen molar-refractivity contribution in [3.05, 3.63) is 41.2 Å². The number of primary amides is 1. The summed E-state index contributed by atoms with van der Waals surface area (Å²) in [5, 5.41) is 0. The molecule has 2 N–H and O–H groups in total. The van der Waals surface area contributed by atoms with Crippen LogP contribution in [0.4, 0.5) is 0 Å². The van der Waals surface area contributed by atoms with Gasteiger partial charge in [-0.15, -0.1) is 0 Å². The molecule has 0 saturated heterocycles. The van der Waals surface area contributed by atoms with E-state index in [-0.39, 0.29) is 5.91 Å². The van der Waals surface area contributed by atoms with Gasteiger partial charge in [-0.05, 0) is 18.6 Å². The largest absolute Gasteiger partial charge is 0.451 e. The molecule has 0 saturated carbocycles. The van der Waals surface area contributed by atoms with Gasteiger partial charge < -0.3 is 15.4 Å². The first kappa shape index (κ1) is 11.8. The van der Waals surface area contributed by atoms with Crippen LogP contribution in [0.3, 0.4) is 0 Å². The molecule has 5 nitrogen and oxygen atoms in total. The average molecular weight is 258 g/mol. The van der Waals surface area contributed by atoms with Crippen LogP contribution in [0.2, 0.25) is 0 Å². The van der Waals surface area contributed by atoms with Gasteiger partial charge in [0.05, 0.1) is 0 Å². The summed E-state index contributed by atoms with van der Waals surface area (Å²) in [4.78, 5) is 24.9. The lowest BCUT2D eigenvalue weighted by Gasteiger charge is -2.21. The molecule has 1 aromatic rings. The van der Waals surface area contributed by atoms with Crippen molar-refractivity contribution in [1.82, 2.24) is 4.90 Å². The Kier molecular flexibility index (Phi) is 2.55. The quantitative estimate of drug-likeness (QED) is 0.844. The minimum atomic E-state index is -0.621. The summed E-state index contributed by atoms with van der Waals surface area (Å²) in [5.41, 5.74) is 7.23. The molecular formula is C14H14N2O3. The first-order valence-electron chi connectivity index (χ1n) is 6.16. The number of benzene rings is 1. The van der Waals surface area contributed by atoms with Crippen LogP contribution in [0.1, 0.15) is 12.5 Å². The smallest absolute Gasteiger partial charge is 0.290 e. The van der Waals surface area contributed by atoms with E-state index in [4.69, 9.17) is 10.5 Å². The Morgan fingerprint density at radius 2 is 2.16 bits per heavy atom. The Labute approximate surface area is 110 Å². The third kappa shape index (κ3) is 1.78. The summed E-state index contributed by atoms with van der Waals surface area (Å²) >= 11 is 0. The van der Waals surface area contributed by atoms with Crippen LogP contribution in [0, 0.1) is 0 Å². The van der Waals surface area contributed by atoms with E-state index in [2.05, 4.69) is 0 Å². The monoisotopic (exact) mass is 258 g/mol. The van der Waals surface area contributed by atoms with Crippen molar-refractivity contribution in [3.8, 4) is 5.75 Å². The maximum absolute atomic E-state index is 12.2. The van der Waals surface area contributed by atoms with Gasteiger partial charge in [0.15, 0.2) is 5.76 Å². The van der Waals surface area contributed by atoms with Gasteiger partial charge in [0.25, 0.3) is 5.91 Å². The zero-order chi connectivity index (χ0) is 13.6. The number of amides is 2. The highest BCUT2D eigenvalue weighted by Crippen LogP contribution is 2.34. The highest BCUT2D eigenvalue weighted by molar-refractivity contribution is 5.99. The Bertz CT molecular complexity index is 606. The van der Waals surface area contributed by atoms with Crippen LogP contribution in [0.5, 0.6) is 5.75 Å².